The summed E-state index contributed by atoms with van der Waals surface area (Å²) < 4.78 is 38.0. The van der Waals surface area contributed by atoms with Gasteiger partial charge >= 0.3 is 0 Å². The lowest BCUT2D eigenvalue weighted by atomic mass is 10.2. The molecule has 0 aliphatic rings. The summed E-state index contributed by atoms with van der Waals surface area (Å²) >= 11 is 0. The van der Waals surface area contributed by atoms with Crippen LogP contribution in [0.4, 0.5) is 4.39 Å². The van der Waals surface area contributed by atoms with Crippen molar-refractivity contribution in [3.63, 3.8) is 0 Å². The number of ether oxygens (including phenoxy) is 1. The molecule has 2 aromatic carbocycles. The second-order valence-corrected chi connectivity index (χ2v) is 8.28. The lowest BCUT2D eigenvalue weighted by molar-refractivity contribution is 0.179. The second kappa shape index (κ2) is 7.78. The Labute approximate surface area is 171 Å². The number of nitrogens with two attached hydrogens (primary N) is 1. The van der Waals surface area contributed by atoms with Crippen molar-refractivity contribution in [3.8, 4) is 28.7 Å². The van der Waals surface area contributed by atoms with E-state index in [1.165, 1.54) is 17.9 Å². The largest absolute Gasteiger partial charge is 0.378 e. The van der Waals surface area contributed by atoms with Crippen LogP contribution < -0.4 is 5.14 Å². The summed E-state index contributed by atoms with van der Waals surface area (Å²) in [6, 6.07) is 12.7. The number of methoxy groups -OCH3 is 1. The monoisotopic (exact) mass is 428 g/mol. The first-order valence-electron chi connectivity index (χ1n) is 8.66. The van der Waals surface area contributed by atoms with Gasteiger partial charge in [0.05, 0.1) is 16.3 Å². The van der Waals surface area contributed by atoms with E-state index in [-0.39, 0.29) is 29.7 Å². The molecule has 2 heterocycles. The number of benzene rings is 2. The van der Waals surface area contributed by atoms with Crippen LogP contribution in [0, 0.1) is 5.82 Å². The molecule has 4 aromatic rings. The van der Waals surface area contributed by atoms with E-state index in [0.717, 1.165) is 0 Å². The van der Waals surface area contributed by atoms with Crippen molar-refractivity contribution in [1.82, 2.24) is 25.1 Å². The third-order valence-electron chi connectivity index (χ3n) is 4.26. The zero-order valence-corrected chi connectivity index (χ0v) is 16.7. The maximum Gasteiger partial charge on any atom is 0.280 e. The van der Waals surface area contributed by atoms with Crippen molar-refractivity contribution in [2.24, 2.45) is 5.14 Å². The number of para-hydroxylation sites is 1. The molecule has 0 fully saturated rings. The quantitative estimate of drug-likeness (QED) is 0.467. The molecule has 154 valence electrons. The van der Waals surface area contributed by atoms with Gasteiger partial charge in [-0.25, -0.2) is 13.3 Å². The maximum atomic E-state index is 14.2. The first-order chi connectivity index (χ1) is 14.4. The summed E-state index contributed by atoms with van der Waals surface area (Å²) in [5.41, 5.74) is 1.57. The molecule has 1 atom stereocenters. The van der Waals surface area contributed by atoms with Crippen LogP contribution in [0.5, 0.6) is 0 Å². The number of nitrogens with zero attached hydrogens (tertiary/aromatic N) is 5. The fourth-order valence-electron chi connectivity index (χ4n) is 2.82. The molecule has 9 nitrogen and oxygen atoms in total. The van der Waals surface area contributed by atoms with E-state index in [0.29, 0.717) is 16.2 Å². The van der Waals surface area contributed by atoms with Gasteiger partial charge in [-0.05, 0) is 42.3 Å². The first kappa shape index (κ1) is 19.9. The summed E-state index contributed by atoms with van der Waals surface area (Å²) in [6.45, 7) is 0.0947. The van der Waals surface area contributed by atoms with E-state index in [2.05, 4.69) is 26.3 Å². The van der Waals surface area contributed by atoms with Gasteiger partial charge in [0.15, 0.2) is 5.69 Å². The van der Waals surface area contributed by atoms with Gasteiger partial charge in [-0.15, -0.1) is 5.10 Å². The number of aromatic nitrogens is 5. The van der Waals surface area contributed by atoms with Gasteiger partial charge in [-0.1, -0.05) is 22.5 Å². The van der Waals surface area contributed by atoms with Crippen molar-refractivity contribution in [1.29, 1.82) is 0 Å². The molecular formula is C19H17FN6O3S. The summed E-state index contributed by atoms with van der Waals surface area (Å²) in [4.78, 5) is 4.76. The highest BCUT2D eigenvalue weighted by Crippen LogP contribution is 2.26. The van der Waals surface area contributed by atoms with Crippen LogP contribution in [-0.2, 0) is 21.1 Å². The van der Waals surface area contributed by atoms with E-state index >= 15 is 0 Å². The first-order valence-corrected chi connectivity index (χ1v) is 10.5. The molecule has 4 rings (SSSR count). The summed E-state index contributed by atoms with van der Waals surface area (Å²) in [5, 5.41) is 17.6. The lowest BCUT2D eigenvalue weighted by Gasteiger charge is -2.06. The number of rotatable bonds is 6. The minimum Gasteiger partial charge on any atom is -0.378 e. The van der Waals surface area contributed by atoms with E-state index in [4.69, 9.17) is 14.4 Å². The van der Waals surface area contributed by atoms with Crippen LogP contribution in [0.1, 0.15) is 5.69 Å². The molecular weight excluding hydrogens is 411 g/mol. The normalized spacial score (nSPS) is 13.3. The molecule has 30 heavy (non-hydrogen) atoms. The third-order valence-corrected chi connectivity index (χ3v) is 5.34. The van der Waals surface area contributed by atoms with Crippen LogP contribution in [-0.4, -0.2) is 42.3 Å². The van der Waals surface area contributed by atoms with Gasteiger partial charge in [0.1, 0.15) is 17.2 Å². The van der Waals surface area contributed by atoms with Crippen molar-refractivity contribution < 1.29 is 17.9 Å². The molecule has 0 spiro atoms. The molecule has 0 aliphatic carbocycles. The lowest BCUT2D eigenvalue weighted by Crippen LogP contribution is -2.11. The zero-order valence-electron chi connectivity index (χ0n) is 15.9. The second-order valence-electron chi connectivity index (χ2n) is 6.35. The molecule has 0 saturated carbocycles. The minimum atomic E-state index is -2.81. The fourth-order valence-corrected chi connectivity index (χ4v) is 3.42. The van der Waals surface area contributed by atoms with Gasteiger partial charge < -0.3 is 9.26 Å². The third kappa shape index (κ3) is 3.73. The highest BCUT2D eigenvalue weighted by molar-refractivity contribution is 7.98. The van der Waals surface area contributed by atoms with Crippen LogP contribution in [0.3, 0.4) is 0 Å². The Morgan fingerprint density at radius 1 is 1.23 bits per heavy atom. The molecule has 0 aliphatic heterocycles. The standard InChI is InChI=1S/C19H17FN6O3S/c1-28-11-16-17(23-25-26(16)15-6-4-3-5-14(15)20)19-22-18(24-29-19)12-7-9-13(10-8-12)30(2,21)27/h3-10H,2,11H2,1H3,(H2,21,27). The van der Waals surface area contributed by atoms with Gasteiger partial charge in [0.2, 0.25) is 5.82 Å². The van der Waals surface area contributed by atoms with Gasteiger partial charge in [-0.2, -0.15) is 4.98 Å². The van der Waals surface area contributed by atoms with Gasteiger partial charge in [0.25, 0.3) is 5.89 Å². The Balaban J connectivity index is 1.72. The molecule has 0 saturated heterocycles. The Kier molecular flexibility index (Phi) is 5.16. The average molecular weight is 428 g/mol. The van der Waals surface area contributed by atoms with Crippen LogP contribution in [0.2, 0.25) is 0 Å². The van der Waals surface area contributed by atoms with Crippen molar-refractivity contribution >= 4 is 15.6 Å². The van der Waals surface area contributed by atoms with Crippen molar-refractivity contribution in [3.05, 3.63) is 60.0 Å². The van der Waals surface area contributed by atoms with Gasteiger partial charge in [-0.3, -0.25) is 5.14 Å². The molecule has 2 N–H and O–H groups in total. The number of hydrogen-bond donors (Lipinski definition) is 1. The molecule has 2 aromatic heterocycles. The molecule has 0 radical (unpaired) electrons. The summed E-state index contributed by atoms with van der Waals surface area (Å²) in [6.07, 6.45) is 0. The highest BCUT2D eigenvalue weighted by Gasteiger charge is 2.23. The molecule has 11 heteroatoms. The molecule has 0 bridgehead atoms. The average Bonchev–Trinajstić information content (AvgIpc) is 3.35. The van der Waals surface area contributed by atoms with E-state index in [9.17, 15) is 8.60 Å². The minimum absolute atomic E-state index is 0.0947. The number of halogens is 1. The van der Waals surface area contributed by atoms with Crippen molar-refractivity contribution in [2.45, 2.75) is 11.5 Å². The van der Waals surface area contributed by atoms with E-state index in [1.807, 2.05) is 0 Å². The predicted molar refractivity (Wildman–Crippen MR) is 108 cm³/mol. The highest BCUT2D eigenvalue weighted by atomic mass is 32.2. The summed E-state index contributed by atoms with van der Waals surface area (Å²) in [5.74, 6) is 3.37. The van der Waals surface area contributed by atoms with Crippen LogP contribution in [0.25, 0.3) is 28.7 Å². The Hall–Kier alpha value is -3.41. The molecule has 0 amide bonds. The SMILES string of the molecule is C=S(N)(=O)c1ccc(-c2noc(-c3nnn(-c4ccccc4F)c3COC)n2)cc1. The molecule has 1 unspecified atom stereocenters. The zero-order chi connectivity index (χ0) is 21.3. The van der Waals surface area contributed by atoms with Crippen LogP contribution >= 0.6 is 0 Å². The van der Waals surface area contributed by atoms with E-state index < -0.39 is 15.5 Å². The summed E-state index contributed by atoms with van der Waals surface area (Å²) in [7, 11) is -1.31. The maximum absolute atomic E-state index is 14.2. The Bertz CT molecular complexity index is 1300. The fraction of sp³-hybridized carbons (Fsp3) is 0.105. The van der Waals surface area contributed by atoms with Crippen LogP contribution in [0.15, 0.2) is 57.9 Å². The van der Waals surface area contributed by atoms with Gasteiger partial charge in [0, 0.05) is 17.6 Å². The van der Waals surface area contributed by atoms with Crippen molar-refractivity contribution in [2.75, 3.05) is 7.11 Å². The smallest absolute Gasteiger partial charge is 0.280 e. The topological polar surface area (TPSA) is 122 Å². The predicted octanol–water partition coefficient (Wildman–Crippen LogP) is 2.22. The van der Waals surface area contributed by atoms with E-state index in [1.54, 1.807) is 42.5 Å². The Morgan fingerprint density at radius 3 is 2.63 bits per heavy atom. The number of hydrogen-bond acceptors (Lipinski definition) is 7. The Morgan fingerprint density at radius 2 is 1.97 bits per heavy atom.